The zero-order valence-electron chi connectivity index (χ0n) is 19.8. The van der Waals surface area contributed by atoms with Crippen LogP contribution in [0.3, 0.4) is 0 Å². The summed E-state index contributed by atoms with van der Waals surface area (Å²) in [6.07, 6.45) is 10.1. The van der Waals surface area contributed by atoms with Crippen LogP contribution in [0.5, 0.6) is 0 Å². The molecule has 1 aromatic carbocycles. The average Bonchev–Trinajstić information content (AvgIpc) is 2.70. The molecule has 2 rings (SSSR count). The van der Waals surface area contributed by atoms with Crippen LogP contribution in [0.2, 0.25) is 0 Å². The van der Waals surface area contributed by atoms with Gasteiger partial charge in [0.2, 0.25) is 5.91 Å². The molecule has 0 bridgehead atoms. The molecular formula is C25H35N3O4. The van der Waals surface area contributed by atoms with Crippen molar-refractivity contribution in [2.75, 3.05) is 6.54 Å². The highest BCUT2D eigenvalue weighted by atomic mass is 16.6. The van der Waals surface area contributed by atoms with Gasteiger partial charge in [0.1, 0.15) is 18.2 Å². The second-order valence-corrected chi connectivity index (χ2v) is 9.30. The molecule has 1 saturated carbocycles. The van der Waals surface area contributed by atoms with Gasteiger partial charge in [-0.3, -0.25) is 14.5 Å². The van der Waals surface area contributed by atoms with Gasteiger partial charge in [0.05, 0.1) is 0 Å². The van der Waals surface area contributed by atoms with Crippen LogP contribution >= 0.6 is 0 Å². The monoisotopic (exact) mass is 441 g/mol. The van der Waals surface area contributed by atoms with E-state index in [0.717, 1.165) is 48.1 Å². The topological polar surface area (TPSA) is 87.7 Å². The van der Waals surface area contributed by atoms with Crippen LogP contribution in [0.4, 0.5) is 4.79 Å². The highest BCUT2D eigenvalue weighted by Gasteiger charge is 2.34. The second-order valence-electron chi connectivity index (χ2n) is 9.30. The maximum Gasteiger partial charge on any atom is 0.408 e. The van der Waals surface area contributed by atoms with E-state index in [2.05, 4.69) is 16.7 Å². The fraction of sp³-hybridized carbons (Fsp3) is 0.560. The molecular weight excluding hydrogens is 406 g/mol. The Balaban J connectivity index is 2.27. The molecule has 0 heterocycles. The minimum atomic E-state index is -0.990. The molecule has 174 valence electrons. The van der Waals surface area contributed by atoms with Gasteiger partial charge in [0.15, 0.2) is 0 Å². The molecule has 1 aliphatic rings. The summed E-state index contributed by atoms with van der Waals surface area (Å²) in [5.41, 5.74) is 1.73. The first kappa shape index (κ1) is 25.3. The van der Waals surface area contributed by atoms with Crippen LogP contribution in [0.15, 0.2) is 18.2 Å². The standard InChI is InChI=1S/C25H35N3O4/c1-7-28(20(29)16-26-24(31)32-25(4,5)6)22(21-17(2)12-11-13-18(21)3)23(30)27-19-14-9-8-10-15-19/h1,11-13,19,22H,8-10,14-16H2,2-6H3,(H,26,31)(H,27,30). The fourth-order valence-corrected chi connectivity index (χ4v) is 4.00. The minimum Gasteiger partial charge on any atom is -0.444 e. The summed E-state index contributed by atoms with van der Waals surface area (Å²) in [5.74, 6) is -0.873. The number of terminal acetylenes is 1. The number of aryl methyl sites for hydroxylation is 2. The van der Waals surface area contributed by atoms with Crippen molar-refractivity contribution in [2.24, 2.45) is 0 Å². The third-order valence-electron chi connectivity index (χ3n) is 5.46. The van der Waals surface area contributed by atoms with E-state index in [1.165, 1.54) is 0 Å². The molecule has 1 unspecified atom stereocenters. The van der Waals surface area contributed by atoms with Crippen LogP contribution in [0.25, 0.3) is 0 Å². The van der Waals surface area contributed by atoms with E-state index >= 15 is 0 Å². The normalized spacial score (nSPS) is 15.2. The second kappa shape index (κ2) is 11.0. The number of nitrogens with one attached hydrogen (secondary N) is 2. The molecule has 0 aliphatic heterocycles. The van der Waals surface area contributed by atoms with Gasteiger partial charge in [-0.05, 0) is 64.2 Å². The van der Waals surface area contributed by atoms with Crippen molar-refractivity contribution in [2.45, 2.75) is 84.4 Å². The number of carbonyl (C=O) groups is 3. The summed E-state index contributed by atoms with van der Waals surface area (Å²) in [5, 5.41) is 5.53. The first-order chi connectivity index (χ1) is 15.0. The van der Waals surface area contributed by atoms with Crippen molar-refractivity contribution in [1.82, 2.24) is 15.5 Å². The maximum atomic E-state index is 13.4. The lowest BCUT2D eigenvalue weighted by Gasteiger charge is -2.31. The van der Waals surface area contributed by atoms with E-state index in [9.17, 15) is 14.4 Å². The summed E-state index contributed by atoms with van der Waals surface area (Å²) in [4.78, 5) is 39.5. The first-order valence-electron chi connectivity index (χ1n) is 11.1. The van der Waals surface area contributed by atoms with Crippen LogP contribution in [-0.4, -0.2) is 41.0 Å². The summed E-state index contributed by atoms with van der Waals surface area (Å²) in [6.45, 7) is 8.60. The maximum absolute atomic E-state index is 13.4. The number of hydrogen-bond donors (Lipinski definition) is 2. The largest absolute Gasteiger partial charge is 0.444 e. The Morgan fingerprint density at radius 3 is 2.28 bits per heavy atom. The quantitative estimate of drug-likeness (QED) is 0.520. The highest BCUT2D eigenvalue weighted by molar-refractivity contribution is 5.92. The molecule has 7 nitrogen and oxygen atoms in total. The van der Waals surface area contributed by atoms with Crippen molar-refractivity contribution in [3.63, 3.8) is 0 Å². The molecule has 2 N–H and O–H groups in total. The Morgan fingerprint density at radius 2 is 1.75 bits per heavy atom. The van der Waals surface area contributed by atoms with Gasteiger partial charge >= 0.3 is 6.09 Å². The van der Waals surface area contributed by atoms with Crippen molar-refractivity contribution in [3.8, 4) is 12.5 Å². The lowest BCUT2D eigenvalue weighted by atomic mass is 9.92. The molecule has 0 spiro atoms. The summed E-state index contributed by atoms with van der Waals surface area (Å²) in [7, 11) is 0. The van der Waals surface area contributed by atoms with Crippen molar-refractivity contribution < 1.29 is 19.1 Å². The third-order valence-corrected chi connectivity index (χ3v) is 5.46. The van der Waals surface area contributed by atoms with Gasteiger partial charge in [-0.2, -0.15) is 0 Å². The molecule has 1 aliphatic carbocycles. The molecule has 0 radical (unpaired) electrons. The smallest absolute Gasteiger partial charge is 0.408 e. The molecule has 0 aromatic heterocycles. The van der Waals surface area contributed by atoms with E-state index in [0.29, 0.717) is 5.56 Å². The number of carbonyl (C=O) groups excluding carboxylic acids is 3. The predicted octanol–water partition coefficient (Wildman–Crippen LogP) is 3.74. The number of hydrogen-bond acceptors (Lipinski definition) is 4. The van der Waals surface area contributed by atoms with Gasteiger partial charge in [-0.25, -0.2) is 4.79 Å². The van der Waals surface area contributed by atoms with E-state index in [1.807, 2.05) is 32.0 Å². The lowest BCUT2D eigenvalue weighted by Crippen LogP contribution is -2.48. The Hall–Kier alpha value is -3.01. The summed E-state index contributed by atoms with van der Waals surface area (Å²) in [6, 6.07) is 7.13. The predicted molar refractivity (Wildman–Crippen MR) is 124 cm³/mol. The van der Waals surface area contributed by atoms with Crippen molar-refractivity contribution in [1.29, 1.82) is 0 Å². The molecule has 3 amide bonds. The number of alkyl carbamates (subject to hydrolysis) is 1. The van der Waals surface area contributed by atoms with E-state index < -0.39 is 23.6 Å². The van der Waals surface area contributed by atoms with Gasteiger partial charge in [-0.1, -0.05) is 43.9 Å². The van der Waals surface area contributed by atoms with Gasteiger partial charge in [-0.15, -0.1) is 0 Å². The van der Waals surface area contributed by atoms with Crippen LogP contribution in [0, 0.1) is 26.3 Å². The highest BCUT2D eigenvalue weighted by Crippen LogP contribution is 2.28. The SMILES string of the molecule is C#CN(C(=O)CNC(=O)OC(C)(C)C)C(C(=O)NC1CCCCC1)c1c(C)cccc1C. The number of amides is 3. The molecule has 0 saturated heterocycles. The van der Waals surface area contributed by atoms with Crippen LogP contribution < -0.4 is 10.6 Å². The molecule has 1 fully saturated rings. The van der Waals surface area contributed by atoms with Crippen LogP contribution in [-0.2, 0) is 14.3 Å². The number of benzene rings is 1. The lowest BCUT2D eigenvalue weighted by molar-refractivity contribution is -0.137. The van der Waals surface area contributed by atoms with Crippen molar-refractivity contribution >= 4 is 17.9 Å². The Kier molecular flexibility index (Phi) is 8.71. The number of rotatable bonds is 6. The summed E-state index contributed by atoms with van der Waals surface area (Å²) < 4.78 is 5.18. The van der Waals surface area contributed by atoms with Gasteiger partial charge in [0.25, 0.3) is 5.91 Å². The van der Waals surface area contributed by atoms with Crippen LogP contribution in [0.1, 0.15) is 75.6 Å². The fourth-order valence-electron chi connectivity index (χ4n) is 4.00. The van der Waals surface area contributed by atoms with Crippen molar-refractivity contribution in [3.05, 3.63) is 34.9 Å². The summed E-state index contributed by atoms with van der Waals surface area (Å²) >= 11 is 0. The number of nitrogens with zero attached hydrogens (tertiary/aromatic N) is 1. The molecule has 1 atom stereocenters. The molecule has 7 heteroatoms. The Morgan fingerprint density at radius 1 is 1.16 bits per heavy atom. The zero-order valence-corrected chi connectivity index (χ0v) is 19.8. The van der Waals surface area contributed by atoms with E-state index in [1.54, 1.807) is 20.8 Å². The van der Waals surface area contributed by atoms with E-state index in [4.69, 9.17) is 11.2 Å². The Bertz CT molecular complexity index is 856. The third kappa shape index (κ3) is 7.01. The zero-order chi connectivity index (χ0) is 23.9. The van der Waals surface area contributed by atoms with Gasteiger partial charge in [0, 0.05) is 12.1 Å². The minimum absolute atomic E-state index is 0.0673. The van der Waals surface area contributed by atoms with E-state index in [-0.39, 0.29) is 18.5 Å². The molecule has 32 heavy (non-hydrogen) atoms. The average molecular weight is 442 g/mol. The number of ether oxygens (including phenoxy) is 1. The van der Waals surface area contributed by atoms with Gasteiger partial charge < -0.3 is 15.4 Å². The molecule has 1 aromatic rings. The first-order valence-corrected chi connectivity index (χ1v) is 11.1. The Labute approximate surface area is 191 Å².